The van der Waals surface area contributed by atoms with Gasteiger partial charge in [-0.3, -0.25) is 14.8 Å². The van der Waals surface area contributed by atoms with Gasteiger partial charge in [-0.25, -0.2) is 8.78 Å². The molecular formula is C29H22F2N4O. The van der Waals surface area contributed by atoms with Gasteiger partial charge in [0.25, 0.3) is 5.91 Å². The van der Waals surface area contributed by atoms with Crippen molar-refractivity contribution >= 4 is 16.8 Å². The maximum atomic E-state index is 14.8. The molecule has 1 fully saturated rings. The minimum atomic E-state index is -0.655. The fourth-order valence-corrected chi connectivity index (χ4v) is 5.02. The van der Waals surface area contributed by atoms with E-state index in [9.17, 15) is 13.6 Å². The second-order valence-corrected chi connectivity index (χ2v) is 9.00. The number of pyridine rings is 2. The number of hydrogen-bond donors (Lipinski definition) is 0. The van der Waals surface area contributed by atoms with Gasteiger partial charge in [-0.1, -0.05) is 6.07 Å². The van der Waals surface area contributed by atoms with Crippen LogP contribution in [0.15, 0.2) is 91.5 Å². The smallest absolute Gasteiger partial charge is 0.253 e. The Morgan fingerprint density at radius 2 is 1.75 bits per heavy atom. The Bertz CT molecular complexity index is 1570. The first-order chi connectivity index (χ1) is 17.6. The maximum absolute atomic E-state index is 14.8. The van der Waals surface area contributed by atoms with Crippen molar-refractivity contribution in [3.05, 3.63) is 114 Å². The number of likely N-dealkylation sites (tertiary alicyclic amines) is 1. The van der Waals surface area contributed by atoms with Gasteiger partial charge in [0.15, 0.2) is 0 Å². The maximum Gasteiger partial charge on any atom is 0.253 e. The number of benzene rings is 2. The monoisotopic (exact) mass is 480 g/mol. The Morgan fingerprint density at radius 3 is 2.50 bits per heavy atom. The number of carbonyl (C=O) groups is 1. The van der Waals surface area contributed by atoms with Crippen LogP contribution in [0.5, 0.6) is 0 Å². The van der Waals surface area contributed by atoms with E-state index >= 15 is 0 Å². The molecule has 1 aliphatic rings. The van der Waals surface area contributed by atoms with E-state index in [1.54, 1.807) is 30.7 Å². The van der Waals surface area contributed by atoms with E-state index in [-0.39, 0.29) is 17.4 Å². The molecule has 1 atom stereocenters. The first kappa shape index (κ1) is 22.1. The molecule has 1 amide bonds. The first-order valence-electron chi connectivity index (χ1n) is 11.8. The summed E-state index contributed by atoms with van der Waals surface area (Å²) in [5, 5.41) is 0.784. The van der Waals surface area contributed by atoms with Crippen LogP contribution in [0.25, 0.3) is 27.8 Å². The van der Waals surface area contributed by atoms with Crippen LogP contribution in [0.4, 0.5) is 8.78 Å². The summed E-state index contributed by atoms with van der Waals surface area (Å²) in [5.41, 5.74) is 4.07. The lowest BCUT2D eigenvalue weighted by atomic mass is 10.0. The molecule has 3 aromatic heterocycles. The molecule has 0 saturated carbocycles. The van der Waals surface area contributed by atoms with Crippen molar-refractivity contribution in [3.8, 4) is 16.9 Å². The van der Waals surface area contributed by atoms with E-state index in [0.29, 0.717) is 24.3 Å². The number of amides is 1. The summed E-state index contributed by atoms with van der Waals surface area (Å²) in [6, 6.07) is 18.5. The third-order valence-corrected chi connectivity index (χ3v) is 6.79. The van der Waals surface area contributed by atoms with Gasteiger partial charge in [0.05, 0.1) is 23.1 Å². The first-order valence-corrected chi connectivity index (χ1v) is 11.8. The number of fused-ring (bicyclic) bond motifs is 1. The second-order valence-electron chi connectivity index (χ2n) is 9.00. The number of aromatic nitrogens is 3. The van der Waals surface area contributed by atoms with Crippen LogP contribution in [0.2, 0.25) is 0 Å². The van der Waals surface area contributed by atoms with Crippen molar-refractivity contribution in [2.45, 2.75) is 12.3 Å². The zero-order chi connectivity index (χ0) is 24.6. The molecule has 6 rings (SSSR count). The lowest BCUT2D eigenvalue weighted by Gasteiger charge is -2.17. The Morgan fingerprint density at radius 1 is 0.917 bits per heavy atom. The van der Waals surface area contributed by atoms with E-state index in [0.717, 1.165) is 34.6 Å². The van der Waals surface area contributed by atoms with Gasteiger partial charge in [0, 0.05) is 60.2 Å². The van der Waals surface area contributed by atoms with E-state index in [1.165, 1.54) is 12.1 Å². The summed E-state index contributed by atoms with van der Waals surface area (Å²) in [5.74, 6) is -1.06. The topological polar surface area (TPSA) is 51.0 Å². The molecule has 0 spiro atoms. The predicted octanol–water partition coefficient (Wildman–Crippen LogP) is 6.00. The predicted molar refractivity (Wildman–Crippen MR) is 134 cm³/mol. The van der Waals surface area contributed by atoms with Gasteiger partial charge in [-0.15, -0.1) is 0 Å². The molecule has 36 heavy (non-hydrogen) atoms. The van der Waals surface area contributed by atoms with E-state index in [4.69, 9.17) is 0 Å². The number of hydrogen-bond acceptors (Lipinski definition) is 3. The average molecular weight is 481 g/mol. The molecule has 5 aromatic rings. The highest BCUT2D eigenvalue weighted by molar-refractivity contribution is 6.00. The molecular weight excluding hydrogens is 458 g/mol. The highest BCUT2D eigenvalue weighted by Gasteiger charge is 2.28. The molecule has 2 aromatic carbocycles. The van der Waals surface area contributed by atoms with Crippen LogP contribution in [-0.4, -0.2) is 38.4 Å². The largest absolute Gasteiger partial charge is 0.338 e. The van der Waals surface area contributed by atoms with E-state index in [2.05, 4.69) is 16.0 Å². The second kappa shape index (κ2) is 9.00. The molecule has 4 heterocycles. The minimum Gasteiger partial charge on any atom is -0.338 e. The van der Waals surface area contributed by atoms with Crippen molar-refractivity contribution in [3.63, 3.8) is 0 Å². The normalized spacial score (nSPS) is 15.5. The summed E-state index contributed by atoms with van der Waals surface area (Å²) >= 11 is 0. The number of halogens is 2. The fourth-order valence-electron chi connectivity index (χ4n) is 5.02. The lowest BCUT2D eigenvalue weighted by molar-refractivity contribution is 0.0791. The van der Waals surface area contributed by atoms with Gasteiger partial charge in [0.1, 0.15) is 11.6 Å². The number of carbonyl (C=O) groups excluding carboxylic acids is 1. The molecule has 0 bridgehead atoms. The van der Waals surface area contributed by atoms with E-state index in [1.807, 2.05) is 46.0 Å². The molecule has 0 radical (unpaired) electrons. The van der Waals surface area contributed by atoms with Crippen molar-refractivity contribution < 1.29 is 13.6 Å². The molecule has 1 aliphatic heterocycles. The van der Waals surface area contributed by atoms with E-state index < -0.39 is 11.6 Å². The number of rotatable bonds is 4. The molecule has 0 N–H and O–H groups in total. The summed E-state index contributed by atoms with van der Waals surface area (Å²) < 4.78 is 30.3. The van der Waals surface area contributed by atoms with Crippen LogP contribution in [0.3, 0.4) is 0 Å². The lowest BCUT2D eigenvalue weighted by Crippen LogP contribution is -2.28. The summed E-state index contributed by atoms with van der Waals surface area (Å²) in [6.07, 6.45) is 7.86. The Hall–Kier alpha value is -4.39. The summed E-state index contributed by atoms with van der Waals surface area (Å²) in [4.78, 5) is 23.7. The Labute approximate surface area is 206 Å². The minimum absolute atomic E-state index is 0.0352. The van der Waals surface area contributed by atoms with Crippen molar-refractivity contribution in [1.29, 1.82) is 0 Å². The Balaban J connectivity index is 1.39. The van der Waals surface area contributed by atoms with Gasteiger partial charge in [-0.2, -0.15) is 0 Å². The standard InChI is InChI=1S/C29H22F2N4O/c30-23-6-7-25(26(31)15-23)28-14-22-13-19(5-8-27(22)35(28)24-4-2-11-33-17-24)29(36)34-12-9-21(18-34)20-3-1-10-32-16-20/h1-8,10-11,13-17,21H,9,12,18H2. The fraction of sp³-hybridized carbons (Fsp3) is 0.138. The Kier molecular flexibility index (Phi) is 5.52. The van der Waals surface area contributed by atoms with Crippen LogP contribution >= 0.6 is 0 Å². The van der Waals surface area contributed by atoms with Crippen molar-refractivity contribution in [1.82, 2.24) is 19.4 Å². The zero-order valence-corrected chi connectivity index (χ0v) is 19.3. The van der Waals surface area contributed by atoms with Crippen molar-refractivity contribution in [2.75, 3.05) is 13.1 Å². The molecule has 7 heteroatoms. The number of nitrogens with zero attached hydrogens (tertiary/aromatic N) is 4. The molecule has 5 nitrogen and oxygen atoms in total. The summed E-state index contributed by atoms with van der Waals surface area (Å²) in [7, 11) is 0. The molecule has 178 valence electrons. The van der Waals surface area contributed by atoms with Crippen LogP contribution in [0.1, 0.15) is 28.3 Å². The zero-order valence-electron chi connectivity index (χ0n) is 19.3. The quantitative estimate of drug-likeness (QED) is 0.317. The third-order valence-electron chi connectivity index (χ3n) is 6.79. The van der Waals surface area contributed by atoms with Gasteiger partial charge < -0.3 is 9.47 Å². The van der Waals surface area contributed by atoms with Crippen molar-refractivity contribution in [2.24, 2.45) is 0 Å². The molecule has 1 unspecified atom stereocenters. The highest BCUT2D eigenvalue weighted by Crippen LogP contribution is 2.34. The van der Waals surface area contributed by atoms with Crippen LogP contribution < -0.4 is 0 Å². The highest BCUT2D eigenvalue weighted by atomic mass is 19.1. The molecule has 1 saturated heterocycles. The van der Waals surface area contributed by atoms with Crippen LogP contribution in [-0.2, 0) is 0 Å². The van der Waals surface area contributed by atoms with Crippen LogP contribution in [0, 0.1) is 11.6 Å². The summed E-state index contributed by atoms with van der Waals surface area (Å²) in [6.45, 7) is 1.32. The van der Waals surface area contributed by atoms with Gasteiger partial charge >= 0.3 is 0 Å². The third kappa shape index (κ3) is 3.92. The molecule has 0 aliphatic carbocycles. The van der Waals surface area contributed by atoms with Gasteiger partial charge in [0.2, 0.25) is 0 Å². The average Bonchev–Trinajstić information content (AvgIpc) is 3.54. The van der Waals surface area contributed by atoms with Gasteiger partial charge in [-0.05, 0) is 66.6 Å². The SMILES string of the molecule is O=C(c1ccc2c(c1)cc(-c1ccc(F)cc1F)n2-c1cccnc1)N1CCC(c2cccnc2)C1.